The fourth-order valence-corrected chi connectivity index (χ4v) is 5.20. The summed E-state index contributed by atoms with van der Waals surface area (Å²) in [6.07, 6.45) is 0. The summed E-state index contributed by atoms with van der Waals surface area (Å²) in [5.74, 6) is -0.546. The Morgan fingerprint density at radius 3 is 2.59 bits per heavy atom. The highest BCUT2D eigenvalue weighted by Crippen LogP contribution is 2.25. The zero-order valence-corrected chi connectivity index (χ0v) is 17.2. The third-order valence-electron chi connectivity index (χ3n) is 4.31. The summed E-state index contributed by atoms with van der Waals surface area (Å²) < 4.78 is 43.1. The van der Waals surface area contributed by atoms with Crippen molar-refractivity contribution in [2.75, 3.05) is 4.72 Å². The van der Waals surface area contributed by atoms with Crippen LogP contribution in [0.3, 0.4) is 0 Å². The molecule has 0 aliphatic carbocycles. The molecule has 0 radical (unpaired) electrons. The molecule has 0 aliphatic rings. The third-order valence-corrected chi connectivity index (χ3v) is 7.00. The van der Waals surface area contributed by atoms with Crippen molar-refractivity contribution in [2.24, 2.45) is 0 Å². The first kappa shape index (κ1) is 19.6. The van der Waals surface area contributed by atoms with Gasteiger partial charge in [0.15, 0.2) is 0 Å². The molecule has 0 saturated heterocycles. The molecule has 0 fully saturated rings. The molecule has 0 spiro atoms. The van der Waals surface area contributed by atoms with Gasteiger partial charge in [0, 0.05) is 5.02 Å². The number of anilines is 1. The van der Waals surface area contributed by atoms with Gasteiger partial charge in [0.2, 0.25) is 0 Å². The number of nitrogens with one attached hydrogen (secondary N) is 1. The van der Waals surface area contributed by atoms with Crippen LogP contribution in [0.15, 0.2) is 76.4 Å². The molecule has 0 atom stereocenters. The van der Waals surface area contributed by atoms with Crippen LogP contribution in [0, 0.1) is 5.82 Å². The van der Waals surface area contributed by atoms with E-state index >= 15 is 0 Å². The number of hydrogen-bond acceptors (Lipinski definition) is 4. The maximum Gasteiger partial charge on any atom is 0.308 e. The number of hydrogen-bond donors (Lipinski definition) is 1. The Kier molecular flexibility index (Phi) is 5.16. The van der Waals surface area contributed by atoms with E-state index in [0.717, 1.165) is 23.0 Å². The number of thiazole rings is 1. The van der Waals surface area contributed by atoms with Gasteiger partial charge >= 0.3 is 4.87 Å². The van der Waals surface area contributed by atoms with E-state index in [1.54, 1.807) is 16.7 Å². The van der Waals surface area contributed by atoms with Crippen LogP contribution >= 0.6 is 22.9 Å². The molecule has 3 aromatic carbocycles. The predicted molar refractivity (Wildman–Crippen MR) is 114 cm³/mol. The van der Waals surface area contributed by atoms with Gasteiger partial charge in [-0.05, 0) is 48.0 Å². The highest BCUT2D eigenvalue weighted by molar-refractivity contribution is 7.92. The minimum atomic E-state index is -3.93. The Bertz CT molecular complexity index is 1380. The van der Waals surface area contributed by atoms with Crippen molar-refractivity contribution < 1.29 is 12.8 Å². The second-order valence-electron chi connectivity index (χ2n) is 6.29. The first-order valence-corrected chi connectivity index (χ1v) is 11.2. The molecule has 4 rings (SSSR count). The number of benzene rings is 3. The van der Waals surface area contributed by atoms with Crippen molar-refractivity contribution in [1.82, 2.24) is 4.57 Å². The molecule has 0 amide bonds. The summed E-state index contributed by atoms with van der Waals surface area (Å²) in [4.78, 5) is 12.2. The maximum atomic E-state index is 13.3. The first-order valence-electron chi connectivity index (χ1n) is 8.49. The van der Waals surface area contributed by atoms with Crippen LogP contribution in [0.4, 0.5) is 10.1 Å². The maximum absolute atomic E-state index is 13.3. The van der Waals surface area contributed by atoms with Gasteiger partial charge in [-0.3, -0.25) is 14.1 Å². The van der Waals surface area contributed by atoms with E-state index in [1.807, 2.05) is 18.2 Å². The van der Waals surface area contributed by atoms with Gasteiger partial charge in [-0.15, -0.1) is 0 Å². The summed E-state index contributed by atoms with van der Waals surface area (Å²) >= 11 is 7.15. The van der Waals surface area contributed by atoms with Gasteiger partial charge in [-0.1, -0.05) is 47.2 Å². The zero-order chi connectivity index (χ0) is 20.6. The van der Waals surface area contributed by atoms with Crippen molar-refractivity contribution >= 4 is 48.9 Å². The first-order chi connectivity index (χ1) is 13.8. The smallest absolute Gasteiger partial charge is 0.294 e. The van der Waals surface area contributed by atoms with Gasteiger partial charge < -0.3 is 0 Å². The van der Waals surface area contributed by atoms with E-state index in [4.69, 9.17) is 11.6 Å². The highest BCUT2D eigenvalue weighted by Gasteiger charge is 2.18. The molecule has 9 heteroatoms. The lowest BCUT2D eigenvalue weighted by Gasteiger charge is -2.09. The number of nitrogens with zero attached hydrogens (tertiary/aromatic N) is 1. The summed E-state index contributed by atoms with van der Waals surface area (Å²) in [5, 5.41) is 0.553. The van der Waals surface area contributed by atoms with E-state index in [2.05, 4.69) is 4.72 Å². The van der Waals surface area contributed by atoms with Crippen LogP contribution < -0.4 is 9.60 Å². The van der Waals surface area contributed by atoms with Gasteiger partial charge in [0.25, 0.3) is 10.0 Å². The fourth-order valence-electron chi connectivity index (χ4n) is 2.93. The number of rotatable bonds is 5. The Morgan fingerprint density at radius 1 is 1.03 bits per heavy atom. The van der Waals surface area contributed by atoms with E-state index in [0.29, 0.717) is 15.2 Å². The Hall–Kier alpha value is -2.68. The molecule has 1 N–H and O–H groups in total. The number of halogens is 2. The molecular formula is C20H14ClFN2O3S2. The number of aromatic nitrogens is 1. The van der Waals surface area contributed by atoms with Crippen molar-refractivity contribution in [1.29, 1.82) is 0 Å². The monoisotopic (exact) mass is 448 g/mol. The van der Waals surface area contributed by atoms with E-state index in [9.17, 15) is 17.6 Å². The quantitative estimate of drug-likeness (QED) is 0.481. The highest BCUT2D eigenvalue weighted by atomic mass is 35.5. The molecule has 0 aliphatic heterocycles. The average Bonchev–Trinajstić information content (AvgIpc) is 2.98. The molecule has 5 nitrogen and oxygen atoms in total. The second-order valence-corrected chi connectivity index (χ2v) is 9.37. The summed E-state index contributed by atoms with van der Waals surface area (Å²) in [6.45, 7) is 0.284. The molecule has 0 saturated carbocycles. The molecule has 1 heterocycles. The molecule has 0 unspecified atom stereocenters. The van der Waals surface area contributed by atoms with E-state index in [-0.39, 0.29) is 22.0 Å². The number of sulfonamides is 1. The van der Waals surface area contributed by atoms with Crippen molar-refractivity contribution in [3.63, 3.8) is 0 Å². The molecule has 148 valence electrons. The topological polar surface area (TPSA) is 68.2 Å². The molecule has 0 bridgehead atoms. The van der Waals surface area contributed by atoms with Crippen LogP contribution in [-0.4, -0.2) is 13.0 Å². The molecular weight excluding hydrogens is 435 g/mol. The fraction of sp³-hybridized carbons (Fsp3) is 0.0500. The second kappa shape index (κ2) is 7.62. The standard InChI is InChI=1S/C20H14ClFN2O3S2/c21-17-7-2-1-4-13(17)12-24-18-9-8-16(11-19(18)28-20(24)25)29(26,27)23-15-6-3-5-14(22)10-15/h1-11,23H,12H2. The Labute approximate surface area is 175 Å². The van der Waals surface area contributed by atoms with Crippen LogP contribution in [0.25, 0.3) is 10.2 Å². The van der Waals surface area contributed by atoms with Crippen molar-refractivity contribution in [2.45, 2.75) is 11.4 Å². The SMILES string of the molecule is O=c1sc2cc(S(=O)(=O)Nc3cccc(F)c3)ccc2n1Cc1ccccc1Cl. The Balaban J connectivity index is 1.70. The summed E-state index contributed by atoms with van der Waals surface area (Å²) in [6, 6.07) is 16.9. The van der Waals surface area contributed by atoms with Crippen LogP contribution in [0.5, 0.6) is 0 Å². The van der Waals surface area contributed by atoms with Crippen LogP contribution in [-0.2, 0) is 16.6 Å². The predicted octanol–water partition coefficient (Wildman–Crippen LogP) is 4.70. The minimum absolute atomic E-state index is 0.0135. The van der Waals surface area contributed by atoms with Crippen LogP contribution in [0.2, 0.25) is 5.02 Å². The average molecular weight is 449 g/mol. The number of fused-ring (bicyclic) bond motifs is 1. The van der Waals surface area contributed by atoms with Crippen LogP contribution in [0.1, 0.15) is 5.56 Å². The zero-order valence-electron chi connectivity index (χ0n) is 14.8. The normalized spacial score (nSPS) is 11.7. The minimum Gasteiger partial charge on any atom is -0.294 e. The van der Waals surface area contributed by atoms with E-state index < -0.39 is 15.8 Å². The summed E-state index contributed by atoms with van der Waals surface area (Å²) in [7, 11) is -3.93. The molecule has 4 aromatic rings. The lowest BCUT2D eigenvalue weighted by atomic mass is 10.2. The van der Waals surface area contributed by atoms with Crippen molar-refractivity contribution in [3.05, 3.63) is 92.8 Å². The third kappa shape index (κ3) is 4.05. The van der Waals surface area contributed by atoms with Crippen molar-refractivity contribution in [3.8, 4) is 0 Å². The van der Waals surface area contributed by atoms with Gasteiger partial charge in [-0.25, -0.2) is 12.8 Å². The van der Waals surface area contributed by atoms with Gasteiger partial charge in [0.05, 0.1) is 27.3 Å². The largest absolute Gasteiger partial charge is 0.308 e. The van der Waals surface area contributed by atoms with Gasteiger partial charge in [-0.2, -0.15) is 0 Å². The molecule has 29 heavy (non-hydrogen) atoms. The lowest BCUT2D eigenvalue weighted by molar-refractivity contribution is 0.601. The lowest BCUT2D eigenvalue weighted by Crippen LogP contribution is -2.14. The summed E-state index contributed by atoms with van der Waals surface area (Å²) in [5.41, 5.74) is 1.53. The Morgan fingerprint density at radius 2 is 1.83 bits per heavy atom. The molecule has 1 aromatic heterocycles. The van der Waals surface area contributed by atoms with E-state index in [1.165, 1.54) is 30.3 Å². The van der Waals surface area contributed by atoms with Gasteiger partial charge in [0.1, 0.15) is 5.82 Å².